The van der Waals surface area contributed by atoms with Gasteiger partial charge in [0.2, 0.25) is 0 Å². The van der Waals surface area contributed by atoms with Crippen LogP contribution in [0.4, 0.5) is 0 Å². The molecular formula is C17H25N3OS. The summed E-state index contributed by atoms with van der Waals surface area (Å²) in [6.07, 6.45) is 6.62. The van der Waals surface area contributed by atoms with Crippen LogP contribution in [0.5, 0.6) is 0 Å². The van der Waals surface area contributed by atoms with Gasteiger partial charge in [0.1, 0.15) is 4.83 Å². The predicted molar refractivity (Wildman–Crippen MR) is 92.7 cm³/mol. The summed E-state index contributed by atoms with van der Waals surface area (Å²) in [5.41, 5.74) is 0.112. The van der Waals surface area contributed by atoms with Crippen molar-refractivity contribution >= 4 is 21.6 Å². The van der Waals surface area contributed by atoms with E-state index < -0.39 is 0 Å². The number of thiophene rings is 1. The number of piperidine rings is 1. The molecule has 3 heterocycles. The summed E-state index contributed by atoms with van der Waals surface area (Å²) >= 11 is 1.59. The molecule has 5 heteroatoms. The van der Waals surface area contributed by atoms with Crippen LogP contribution in [0.3, 0.4) is 0 Å². The van der Waals surface area contributed by atoms with E-state index in [-0.39, 0.29) is 5.56 Å². The Morgan fingerprint density at radius 1 is 1.41 bits per heavy atom. The fourth-order valence-electron chi connectivity index (χ4n) is 3.54. The topological polar surface area (TPSA) is 38.1 Å². The first kappa shape index (κ1) is 15.7. The first-order chi connectivity index (χ1) is 10.6. The number of hydrogen-bond donors (Lipinski definition) is 0. The first-order valence-corrected chi connectivity index (χ1v) is 9.09. The Kier molecular flexibility index (Phi) is 4.64. The molecule has 1 aliphatic rings. The fourth-order valence-corrected chi connectivity index (χ4v) is 4.38. The van der Waals surface area contributed by atoms with E-state index in [4.69, 9.17) is 0 Å². The Balaban J connectivity index is 1.75. The summed E-state index contributed by atoms with van der Waals surface area (Å²) in [6, 6.07) is 3.15. The minimum absolute atomic E-state index is 0.112. The van der Waals surface area contributed by atoms with Crippen LogP contribution >= 0.6 is 11.3 Å². The molecule has 1 fully saturated rings. The largest absolute Gasteiger partial charge is 0.299 e. The lowest BCUT2D eigenvalue weighted by atomic mass is 9.98. The SMILES string of the molecule is Cc1cc2c(=O)n(CC[C@@H]3CCCCN3C(C)C)cnc2s1. The minimum atomic E-state index is 0.112. The molecule has 0 unspecified atom stereocenters. The lowest BCUT2D eigenvalue weighted by Crippen LogP contribution is -2.44. The predicted octanol–water partition coefficient (Wildman–Crippen LogP) is 3.42. The zero-order valence-corrected chi connectivity index (χ0v) is 14.5. The monoisotopic (exact) mass is 319 g/mol. The molecule has 0 radical (unpaired) electrons. The minimum Gasteiger partial charge on any atom is -0.299 e. The van der Waals surface area contributed by atoms with E-state index in [0.29, 0.717) is 12.1 Å². The van der Waals surface area contributed by atoms with E-state index in [9.17, 15) is 4.79 Å². The smallest absolute Gasteiger partial charge is 0.262 e. The van der Waals surface area contributed by atoms with Gasteiger partial charge in [-0.1, -0.05) is 6.42 Å². The zero-order valence-electron chi connectivity index (χ0n) is 13.7. The quantitative estimate of drug-likeness (QED) is 0.866. The number of nitrogens with zero attached hydrogens (tertiary/aromatic N) is 3. The third-order valence-corrected chi connectivity index (χ3v) is 5.64. The Bertz CT molecular complexity index is 703. The van der Waals surface area contributed by atoms with Crippen LogP contribution in [0.2, 0.25) is 0 Å². The maximum absolute atomic E-state index is 12.5. The molecular weight excluding hydrogens is 294 g/mol. The molecule has 22 heavy (non-hydrogen) atoms. The van der Waals surface area contributed by atoms with Gasteiger partial charge >= 0.3 is 0 Å². The highest BCUT2D eigenvalue weighted by molar-refractivity contribution is 7.18. The van der Waals surface area contributed by atoms with Crippen LogP contribution in [-0.2, 0) is 6.54 Å². The molecule has 3 rings (SSSR count). The third-order valence-electron chi connectivity index (χ3n) is 4.68. The van der Waals surface area contributed by atoms with Crippen molar-refractivity contribution < 1.29 is 0 Å². The fraction of sp³-hybridized carbons (Fsp3) is 0.647. The van der Waals surface area contributed by atoms with E-state index in [1.807, 2.05) is 13.0 Å². The van der Waals surface area contributed by atoms with Crippen LogP contribution in [0.1, 0.15) is 44.4 Å². The summed E-state index contributed by atoms with van der Waals surface area (Å²) in [4.78, 5) is 21.6. The normalized spacial score (nSPS) is 20.1. The van der Waals surface area contributed by atoms with Gasteiger partial charge in [0.25, 0.3) is 5.56 Å². The van der Waals surface area contributed by atoms with Crippen molar-refractivity contribution in [1.29, 1.82) is 0 Å². The van der Waals surface area contributed by atoms with Crippen LogP contribution in [0.25, 0.3) is 10.2 Å². The van der Waals surface area contributed by atoms with Gasteiger partial charge in [0, 0.05) is 23.5 Å². The number of aromatic nitrogens is 2. The van der Waals surface area contributed by atoms with Crippen molar-refractivity contribution in [3.63, 3.8) is 0 Å². The van der Waals surface area contributed by atoms with Crippen LogP contribution < -0.4 is 5.56 Å². The Hall–Kier alpha value is -1.20. The Morgan fingerprint density at radius 2 is 2.23 bits per heavy atom. The summed E-state index contributed by atoms with van der Waals surface area (Å²) in [5, 5.41) is 0.773. The van der Waals surface area contributed by atoms with Gasteiger partial charge in [-0.3, -0.25) is 14.3 Å². The van der Waals surface area contributed by atoms with E-state index in [1.165, 1.54) is 25.8 Å². The summed E-state index contributed by atoms with van der Waals surface area (Å²) in [6.45, 7) is 8.53. The van der Waals surface area contributed by atoms with Gasteiger partial charge in [-0.25, -0.2) is 4.98 Å². The molecule has 0 aliphatic carbocycles. The van der Waals surface area contributed by atoms with Gasteiger partial charge in [0.15, 0.2) is 0 Å². The molecule has 0 spiro atoms. The van der Waals surface area contributed by atoms with Gasteiger partial charge in [-0.05, 0) is 52.6 Å². The number of rotatable bonds is 4. The van der Waals surface area contributed by atoms with Gasteiger partial charge in [-0.15, -0.1) is 11.3 Å². The number of hydrogen-bond acceptors (Lipinski definition) is 4. The van der Waals surface area contributed by atoms with Crippen molar-refractivity contribution in [1.82, 2.24) is 14.5 Å². The average molecular weight is 319 g/mol. The van der Waals surface area contributed by atoms with Gasteiger partial charge in [0.05, 0.1) is 11.7 Å². The van der Waals surface area contributed by atoms with Crippen molar-refractivity contribution in [2.24, 2.45) is 0 Å². The second-order valence-corrected chi connectivity index (χ2v) is 7.82. The molecule has 1 saturated heterocycles. The number of fused-ring (bicyclic) bond motifs is 1. The third kappa shape index (κ3) is 3.10. The van der Waals surface area contributed by atoms with Crippen LogP contribution in [0, 0.1) is 6.92 Å². The summed E-state index contributed by atoms with van der Waals surface area (Å²) < 4.78 is 1.79. The average Bonchev–Trinajstić information content (AvgIpc) is 2.88. The van der Waals surface area contributed by atoms with Crippen molar-refractivity contribution in [3.05, 3.63) is 27.6 Å². The summed E-state index contributed by atoms with van der Waals surface area (Å²) in [7, 11) is 0. The maximum atomic E-state index is 12.5. The van der Waals surface area contributed by atoms with Crippen molar-refractivity contribution in [2.75, 3.05) is 6.54 Å². The van der Waals surface area contributed by atoms with E-state index in [0.717, 1.165) is 28.1 Å². The molecule has 0 N–H and O–H groups in total. The second kappa shape index (κ2) is 6.50. The highest BCUT2D eigenvalue weighted by Crippen LogP contribution is 2.23. The highest BCUT2D eigenvalue weighted by atomic mass is 32.1. The second-order valence-electron chi connectivity index (χ2n) is 6.59. The zero-order chi connectivity index (χ0) is 15.7. The maximum Gasteiger partial charge on any atom is 0.262 e. The number of aryl methyl sites for hydroxylation is 2. The molecule has 4 nitrogen and oxygen atoms in total. The van der Waals surface area contributed by atoms with Crippen LogP contribution in [0.15, 0.2) is 17.2 Å². The highest BCUT2D eigenvalue weighted by Gasteiger charge is 2.24. The van der Waals surface area contributed by atoms with E-state index in [2.05, 4.69) is 23.7 Å². The Morgan fingerprint density at radius 3 is 3.00 bits per heavy atom. The molecule has 0 bridgehead atoms. The van der Waals surface area contributed by atoms with Gasteiger partial charge in [-0.2, -0.15) is 0 Å². The molecule has 1 aliphatic heterocycles. The lowest BCUT2D eigenvalue weighted by Gasteiger charge is -2.38. The molecule has 1 atom stereocenters. The van der Waals surface area contributed by atoms with E-state index in [1.54, 1.807) is 22.2 Å². The van der Waals surface area contributed by atoms with Crippen molar-refractivity contribution in [2.45, 2.75) is 65.1 Å². The molecule has 0 amide bonds. The lowest BCUT2D eigenvalue weighted by molar-refractivity contribution is 0.102. The standard InChI is InChI=1S/C17H25N3OS/c1-12(2)20-8-5-4-6-14(20)7-9-19-11-18-16-15(17(19)21)10-13(3)22-16/h10-12,14H,4-9H2,1-3H3/t14-/m0/s1. The first-order valence-electron chi connectivity index (χ1n) is 8.27. The van der Waals surface area contributed by atoms with Gasteiger partial charge < -0.3 is 0 Å². The van der Waals surface area contributed by atoms with E-state index >= 15 is 0 Å². The molecule has 2 aromatic rings. The van der Waals surface area contributed by atoms with Crippen molar-refractivity contribution in [3.8, 4) is 0 Å². The molecule has 0 saturated carbocycles. The number of likely N-dealkylation sites (tertiary alicyclic amines) is 1. The molecule has 120 valence electrons. The Labute approximate surface area is 135 Å². The van der Waals surface area contributed by atoms with Crippen LogP contribution in [-0.4, -0.2) is 33.1 Å². The molecule has 2 aromatic heterocycles. The summed E-state index contributed by atoms with van der Waals surface area (Å²) in [5.74, 6) is 0. The molecule has 0 aromatic carbocycles.